The lowest BCUT2D eigenvalue weighted by Crippen LogP contribution is -2.29. The van der Waals surface area contributed by atoms with Crippen LogP contribution < -0.4 is 5.32 Å². The van der Waals surface area contributed by atoms with Crippen molar-refractivity contribution < 1.29 is 0 Å². The fourth-order valence-electron chi connectivity index (χ4n) is 4.33. The normalized spacial score (nSPS) is 40.1. The van der Waals surface area contributed by atoms with Gasteiger partial charge in [-0.2, -0.15) is 0 Å². The van der Waals surface area contributed by atoms with Gasteiger partial charge in [0.15, 0.2) is 0 Å². The van der Waals surface area contributed by atoms with E-state index >= 15 is 0 Å². The number of rotatable bonds is 3. The van der Waals surface area contributed by atoms with E-state index in [0.717, 1.165) is 18.3 Å². The van der Waals surface area contributed by atoms with E-state index in [2.05, 4.69) is 58.2 Å². The first kappa shape index (κ1) is 18.4. The molecule has 0 aromatic rings. The van der Waals surface area contributed by atoms with Crippen LogP contribution in [0.5, 0.6) is 0 Å². The van der Waals surface area contributed by atoms with Gasteiger partial charge in [-0.3, -0.25) is 0 Å². The van der Waals surface area contributed by atoms with Crippen molar-refractivity contribution in [2.45, 2.75) is 85.6 Å². The van der Waals surface area contributed by atoms with Crippen LogP contribution in [0, 0.1) is 17.8 Å². The molecule has 0 radical (unpaired) electrons. The number of nitrogens with one attached hydrogen (secondary N) is 1. The topological polar surface area (TPSA) is 12.0 Å². The molecule has 130 valence electrons. The third kappa shape index (κ3) is 5.26. The highest BCUT2D eigenvalue weighted by molar-refractivity contribution is 5.29. The smallest absolute Gasteiger partial charge is 0.0261 e. The SMILES string of the molecule is CCC1CC/C=C\CC(C)/C(NC2CCC(C)C2)=C(C)\C=C\1C. The lowest BCUT2D eigenvalue weighted by molar-refractivity contribution is 0.501. The van der Waals surface area contributed by atoms with Crippen LogP contribution in [0.3, 0.4) is 0 Å². The third-order valence-corrected chi connectivity index (χ3v) is 5.89. The maximum Gasteiger partial charge on any atom is 0.0261 e. The number of hydrogen-bond donors (Lipinski definition) is 1. The molecule has 0 aromatic carbocycles. The van der Waals surface area contributed by atoms with E-state index in [1.165, 1.54) is 49.8 Å². The highest BCUT2D eigenvalue weighted by Gasteiger charge is 2.23. The summed E-state index contributed by atoms with van der Waals surface area (Å²) in [5.74, 6) is 2.20. The average molecular weight is 316 g/mol. The first-order chi connectivity index (χ1) is 11.0. The van der Waals surface area contributed by atoms with Crippen LogP contribution in [0.1, 0.15) is 79.6 Å². The van der Waals surface area contributed by atoms with E-state index in [1.54, 1.807) is 5.57 Å². The zero-order valence-corrected chi connectivity index (χ0v) is 16.0. The molecule has 0 heterocycles. The second kappa shape index (κ2) is 8.76. The van der Waals surface area contributed by atoms with Gasteiger partial charge in [-0.05, 0) is 82.1 Å². The fourth-order valence-corrected chi connectivity index (χ4v) is 4.33. The van der Waals surface area contributed by atoms with Gasteiger partial charge in [0.05, 0.1) is 0 Å². The second-order valence-corrected chi connectivity index (χ2v) is 8.04. The Morgan fingerprint density at radius 1 is 1.09 bits per heavy atom. The van der Waals surface area contributed by atoms with Crippen LogP contribution in [-0.4, -0.2) is 6.04 Å². The van der Waals surface area contributed by atoms with Crippen LogP contribution in [0.2, 0.25) is 0 Å². The summed E-state index contributed by atoms with van der Waals surface area (Å²) in [7, 11) is 0. The van der Waals surface area contributed by atoms with Gasteiger partial charge in [-0.1, -0.05) is 44.6 Å². The molecule has 2 aliphatic rings. The Labute approximate surface area is 144 Å². The molecular formula is C22H37N. The Balaban J connectivity index is 2.25. The summed E-state index contributed by atoms with van der Waals surface area (Å²) in [6.07, 6.45) is 16.3. The highest BCUT2D eigenvalue weighted by atomic mass is 14.9. The molecule has 23 heavy (non-hydrogen) atoms. The Bertz CT molecular complexity index is 468. The van der Waals surface area contributed by atoms with Crippen LogP contribution in [0.4, 0.5) is 0 Å². The highest BCUT2D eigenvalue weighted by Crippen LogP contribution is 2.30. The number of allylic oxidation sites excluding steroid dienone is 6. The molecule has 0 saturated heterocycles. The van der Waals surface area contributed by atoms with E-state index in [4.69, 9.17) is 0 Å². The quantitative estimate of drug-likeness (QED) is 0.595. The van der Waals surface area contributed by atoms with Gasteiger partial charge >= 0.3 is 0 Å². The Hall–Kier alpha value is -0.980. The summed E-state index contributed by atoms with van der Waals surface area (Å²) < 4.78 is 0. The maximum atomic E-state index is 3.94. The van der Waals surface area contributed by atoms with Crippen molar-refractivity contribution >= 4 is 0 Å². The molecule has 1 fully saturated rings. The van der Waals surface area contributed by atoms with E-state index in [9.17, 15) is 0 Å². The standard InChI is InChI=1S/C22H37N/c1-6-20-11-9-7-8-10-17(3)22(19(5)15-18(20)4)23-21-13-12-16(2)14-21/h7-8,15-17,20-21,23H,6,9-14H2,1-5H3/b8-7-,18-15+,22-19+. The van der Waals surface area contributed by atoms with Crippen molar-refractivity contribution in [3.63, 3.8) is 0 Å². The van der Waals surface area contributed by atoms with Gasteiger partial charge in [-0.25, -0.2) is 0 Å². The number of hydrogen-bond acceptors (Lipinski definition) is 1. The Morgan fingerprint density at radius 3 is 2.52 bits per heavy atom. The lowest BCUT2D eigenvalue weighted by Gasteiger charge is -2.24. The van der Waals surface area contributed by atoms with Crippen LogP contribution in [0.25, 0.3) is 0 Å². The molecule has 1 N–H and O–H groups in total. The van der Waals surface area contributed by atoms with E-state index < -0.39 is 0 Å². The summed E-state index contributed by atoms with van der Waals surface area (Å²) in [5, 5.41) is 3.94. The summed E-state index contributed by atoms with van der Waals surface area (Å²) in [6, 6.07) is 0.683. The monoisotopic (exact) mass is 315 g/mol. The van der Waals surface area contributed by atoms with Gasteiger partial charge in [0.1, 0.15) is 0 Å². The molecule has 4 unspecified atom stereocenters. The molecule has 4 atom stereocenters. The van der Waals surface area contributed by atoms with Crippen molar-refractivity contribution in [2.24, 2.45) is 17.8 Å². The zero-order valence-electron chi connectivity index (χ0n) is 16.0. The maximum absolute atomic E-state index is 3.94. The van der Waals surface area contributed by atoms with Gasteiger partial charge in [0, 0.05) is 11.7 Å². The first-order valence-electron chi connectivity index (χ1n) is 9.81. The van der Waals surface area contributed by atoms with Crippen molar-refractivity contribution in [1.29, 1.82) is 0 Å². The van der Waals surface area contributed by atoms with E-state index in [-0.39, 0.29) is 0 Å². The molecule has 1 saturated carbocycles. The minimum Gasteiger partial charge on any atom is -0.385 e. The molecule has 0 aromatic heterocycles. The van der Waals surface area contributed by atoms with Crippen molar-refractivity contribution in [3.05, 3.63) is 35.1 Å². The molecule has 0 bridgehead atoms. The molecule has 2 aliphatic carbocycles. The molecule has 0 spiro atoms. The molecule has 0 aliphatic heterocycles. The van der Waals surface area contributed by atoms with E-state index in [0.29, 0.717) is 12.0 Å². The molecule has 0 amide bonds. The van der Waals surface area contributed by atoms with Crippen molar-refractivity contribution in [1.82, 2.24) is 5.32 Å². The molecule has 2 rings (SSSR count). The minimum atomic E-state index is 0.587. The summed E-state index contributed by atoms with van der Waals surface area (Å²) in [6.45, 7) is 11.7. The first-order valence-corrected chi connectivity index (χ1v) is 9.81. The third-order valence-electron chi connectivity index (χ3n) is 5.89. The van der Waals surface area contributed by atoms with Crippen molar-refractivity contribution in [2.75, 3.05) is 0 Å². The summed E-state index contributed by atoms with van der Waals surface area (Å²) in [4.78, 5) is 0. The van der Waals surface area contributed by atoms with Gasteiger partial charge in [-0.15, -0.1) is 0 Å². The molecule has 1 heteroatoms. The molecular weight excluding hydrogens is 278 g/mol. The van der Waals surface area contributed by atoms with Gasteiger partial charge in [0.2, 0.25) is 0 Å². The lowest BCUT2D eigenvalue weighted by atomic mass is 9.91. The fraction of sp³-hybridized carbons (Fsp3) is 0.727. The van der Waals surface area contributed by atoms with Crippen molar-refractivity contribution in [3.8, 4) is 0 Å². The van der Waals surface area contributed by atoms with Gasteiger partial charge in [0.25, 0.3) is 0 Å². The van der Waals surface area contributed by atoms with Crippen LogP contribution >= 0.6 is 0 Å². The summed E-state index contributed by atoms with van der Waals surface area (Å²) >= 11 is 0. The molecule has 1 nitrogen and oxygen atoms in total. The predicted molar refractivity (Wildman–Crippen MR) is 102 cm³/mol. The largest absolute Gasteiger partial charge is 0.385 e. The summed E-state index contributed by atoms with van der Waals surface area (Å²) in [5.41, 5.74) is 4.51. The minimum absolute atomic E-state index is 0.587. The second-order valence-electron chi connectivity index (χ2n) is 8.04. The van der Waals surface area contributed by atoms with Crippen LogP contribution in [-0.2, 0) is 0 Å². The Morgan fingerprint density at radius 2 is 1.87 bits per heavy atom. The average Bonchev–Trinajstić information content (AvgIpc) is 2.91. The zero-order chi connectivity index (χ0) is 16.8. The predicted octanol–water partition coefficient (Wildman–Crippen LogP) is 6.39. The van der Waals surface area contributed by atoms with E-state index in [1.807, 2.05) is 0 Å². The Kier molecular flexibility index (Phi) is 6.99. The van der Waals surface area contributed by atoms with Crippen LogP contribution in [0.15, 0.2) is 35.1 Å². The van der Waals surface area contributed by atoms with Gasteiger partial charge < -0.3 is 5.32 Å².